The van der Waals surface area contributed by atoms with Gasteiger partial charge in [0.1, 0.15) is 24.7 Å². The zero-order valence-electron chi connectivity index (χ0n) is 26.9. The van der Waals surface area contributed by atoms with Crippen LogP contribution < -0.4 is 9.47 Å². The average molecular weight is 561 g/mol. The Kier molecular flexibility index (Phi) is 23.8. The number of carbonyl (C=O) groups is 1. The highest BCUT2D eigenvalue weighted by Gasteiger charge is 2.10. The second-order valence-electron chi connectivity index (χ2n) is 11.7. The van der Waals surface area contributed by atoms with E-state index in [1.807, 2.05) is 6.07 Å². The Hall–Kier alpha value is -1.71. The second kappa shape index (κ2) is 26.2. The van der Waals surface area contributed by atoms with Gasteiger partial charge in [-0.15, -0.1) is 0 Å². The average Bonchev–Trinajstić information content (AvgIpc) is 2.96. The largest absolute Gasteiger partial charge is 0.493 e. The first-order valence-corrected chi connectivity index (χ1v) is 17.2. The Bertz CT molecular complexity index is 717. The molecule has 4 heteroatoms. The highest BCUT2D eigenvalue weighted by Crippen LogP contribution is 2.26. The van der Waals surface area contributed by atoms with Gasteiger partial charge in [0.25, 0.3) is 0 Å². The zero-order valence-corrected chi connectivity index (χ0v) is 26.9. The highest BCUT2D eigenvalue weighted by atomic mass is 16.6. The summed E-state index contributed by atoms with van der Waals surface area (Å²) in [7, 11) is 0. The molecule has 4 nitrogen and oxygen atoms in total. The Morgan fingerprint density at radius 3 is 1.75 bits per heavy atom. The van der Waals surface area contributed by atoms with E-state index in [9.17, 15) is 4.79 Å². The van der Waals surface area contributed by atoms with Gasteiger partial charge >= 0.3 is 5.97 Å². The van der Waals surface area contributed by atoms with Crippen LogP contribution in [0, 0.1) is 5.92 Å². The van der Waals surface area contributed by atoms with Crippen LogP contribution in [0.1, 0.15) is 162 Å². The van der Waals surface area contributed by atoms with Gasteiger partial charge in [-0.3, -0.25) is 4.79 Å². The Labute approximate surface area is 248 Å². The smallest absolute Gasteiger partial charge is 0.305 e. The molecule has 0 aliphatic heterocycles. The number of ether oxygens (including phenoxy) is 3. The summed E-state index contributed by atoms with van der Waals surface area (Å²) in [6, 6.07) is 6.34. The van der Waals surface area contributed by atoms with Crippen molar-refractivity contribution in [2.24, 2.45) is 5.92 Å². The number of benzene rings is 1. The standard InChI is InChI=1S/C36H64O4/c1-5-9-12-13-14-15-16-17-18-19-20-21-22-24-33-28-34(38-26-27-39-36(37)25-11-7-3)30-35(29-33)40-31-32(8-4)23-10-6-2/h28-30,32H,5-27,31H2,1-4H3. The van der Waals surface area contributed by atoms with Crippen LogP contribution in [0.5, 0.6) is 11.5 Å². The lowest BCUT2D eigenvalue weighted by Gasteiger charge is -2.17. The lowest BCUT2D eigenvalue weighted by Crippen LogP contribution is -2.13. The monoisotopic (exact) mass is 560 g/mol. The minimum absolute atomic E-state index is 0.136. The first kappa shape index (κ1) is 36.3. The molecule has 1 rings (SSSR count). The molecule has 0 saturated heterocycles. The minimum atomic E-state index is -0.136. The van der Waals surface area contributed by atoms with Gasteiger partial charge in [0.15, 0.2) is 0 Å². The van der Waals surface area contributed by atoms with E-state index in [-0.39, 0.29) is 12.6 Å². The van der Waals surface area contributed by atoms with Crippen molar-refractivity contribution >= 4 is 5.97 Å². The first-order chi connectivity index (χ1) is 19.6. The topological polar surface area (TPSA) is 44.8 Å². The van der Waals surface area contributed by atoms with E-state index < -0.39 is 0 Å². The van der Waals surface area contributed by atoms with E-state index in [1.165, 1.54) is 108 Å². The fraction of sp³-hybridized carbons (Fsp3) is 0.806. The van der Waals surface area contributed by atoms with Crippen molar-refractivity contribution < 1.29 is 19.0 Å². The van der Waals surface area contributed by atoms with Crippen molar-refractivity contribution in [2.75, 3.05) is 19.8 Å². The molecule has 1 aromatic rings. The van der Waals surface area contributed by atoms with Gasteiger partial charge in [0.05, 0.1) is 6.61 Å². The van der Waals surface area contributed by atoms with Gasteiger partial charge in [-0.05, 0) is 49.3 Å². The quantitative estimate of drug-likeness (QED) is 0.0755. The maximum atomic E-state index is 11.8. The van der Waals surface area contributed by atoms with Crippen LogP contribution in [-0.4, -0.2) is 25.8 Å². The fourth-order valence-electron chi connectivity index (χ4n) is 5.11. The number of unbranched alkanes of at least 4 members (excludes halogenated alkanes) is 14. The van der Waals surface area contributed by atoms with E-state index in [4.69, 9.17) is 14.2 Å². The van der Waals surface area contributed by atoms with Crippen molar-refractivity contribution in [1.29, 1.82) is 0 Å². The number of aryl methyl sites for hydroxylation is 1. The molecule has 0 aromatic heterocycles. The lowest BCUT2D eigenvalue weighted by molar-refractivity contribution is -0.144. The summed E-state index contributed by atoms with van der Waals surface area (Å²) in [4.78, 5) is 11.8. The van der Waals surface area contributed by atoms with Crippen molar-refractivity contribution in [1.82, 2.24) is 0 Å². The normalized spacial score (nSPS) is 11.9. The molecule has 1 aromatic carbocycles. The Balaban J connectivity index is 2.45. The molecule has 0 fully saturated rings. The summed E-state index contributed by atoms with van der Waals surface area (Å²) < 4.78 is 17.6. The highest BCUT2D eigenvalue weighted by molar-refractivity contribution is 5.69. The summed E-state index contributed by atoms with van der Waals surface area (Å²) in [6.07, 6.45) is 26.1. The molecule has 40 heavy (non-hydrogen) atoms. The molecule has 0 aliphatic carbocycles. The predicted octanol–water partition coefficient (Wildman–Crippen LogP) is 11.0. The van der Waals surface area contributed by atoms with Crippen molar-refractivity contribution in [3.05, 3.63) is 23.8 Å². The van der Waals surface area contributed by atoms with Crippen LogP contribution in [0.2, 0.25) is 0 Å². The van der Waals surface area contributed by atoms with Crippen LogP contribution in [0.4, 0.5) is 0 Å². The Morgan fingerprint density at radius 2 is 1.18 bits per heavy atom. The molecular formula is C36H64O4. The van der Waals surface area contributed by atoms with Gasteiger partial charge in [-0.25, -0.2) is 0 Å². The van der Waals surface area contributed by atoms with E-state index in [0.29, 0.717) is 18.9 Å². The second-order valence-corrected chi connectivity index (χ2v) is 11.7. The summed E-state index contributed by atoms with van der Waals surface area (Å²) in [5.41, 5.74) is 1.28. The molecular weight excluding hydrogens is 496 g/mol. The van der Waals surface area contributed by atoms with Crippen molar-refractivity contribution in [3.63, 3.8) is 0 Å². The van der Waals surface area contributed by atoms with Crippen LogP contribution in [0.3, 0.4) is 0 Å². The molecule has 232 valence electrons. The molecule has 1 atom stereocenters. The van der Waals surface area contributed by atoms with Gasteiger partial charge in [-0.2, -0.15) is 0 Å². The van der Waals surface area contributed by atoms with Crippen LogP contribution >= 0.6 is 0 Å². The third-order valence-corrected chi connectivity index (χ3v) is 7.89. The van der Waals surface area contributed by atoms with E-state index >= 15 is 0 Å². The lowest BCUT2D eigenvalue weighted by atomic mass is 10.0. The molecule has 0 heterocycles. The zero-order chi connectivity index (χ0) is 29.1. The third-order valence-electron chi connectivity index (χ3n) is 7.89. The van der Waals surface area contributed by atoms with E-state index in [2.05, 4.69) is 39.8 Å². The van der Waals surface area contributed by atoms with Crippen LogP contribution in [0.15, 0.2) is 18.2 Å². The summed E-state index contributed by atoms with van der Waals surface area (Å²) in [5.74, 6) is 2.17. The number of rotatable bonds is 28. The van der Waals surface area contributed by atoms with Crippen molar-refractivity contribution in [2.45, 2.75) is 163 Å². The summed E-state index contributed by atoms with van der Waals surface area (Å²) in [5, 5.41) is 0. The molecule has 0 amide bonds. The molecule has 0 radical (unpaired) electrons. The SMILES string of the molecule is CCCCCCCCCCCCCCCc1cc(OCCOC(=O)CCCC)cc(OCC(CC)CCCC)c1. The van der Waals surface area contributed by atoms with E-state index in [1.54, 1.807) is 0 Å². The fourth-order valence-corrected chi connectivity index (χ4v) is 5.11. The van der Waals surface area contributed by atoms with Gasteiger partial charge in [0.2, 0.25) is 0 Å². The van der Waals surface area contributed by atoms with Crippen molar-refractivity contribution in [3.8, 4) is 11.5 Å². The first-order valence-electron chi connectivity index (χ1n) is 17.2. The van der Waals surface area contributed by atoms with Gasteiger partial charge in [0, 0.05) is 12.5 Å². The predicted molar refractivity (Wildman–Crippen MR) is 171 cm³/mol. The third kappa shape index (κ3) is 20.2. The maximum Gasteiger partial charge on any atom is 0.305 e. The van der Waals surface area contributed by atoms with Gasteiger partial charge in [-0.1, -0.05) is 130 Å². The number of hydrogen-bond donors (Lipinski definition) is 0. The van der Waals surface area contributed by atoms with Crippen LogP contribution in [0.25, 0.3) is 0 Å². The molecule has 0 bridgehead atoms. The summed E-state index contributed by atoms with van der Waals surface area (Å²) in [6.45, 7) is 10.3. The summed E-state index contributed by atoms with van der Waals surface area (Å²) >= 11 is 0. The molecule has 0 N–H and O–H groups in total. The number of hydrogen-bond acceptors (Lipinski definition) is 4. The van der Waals surface area contributed by atoms with Gasteiger partial charge < -0.3 is 14.2 Å². The van der Waals surface area contributed by atoms with Crippen LogP contribution in [-0.2, 0) is 16.0 Å². The molecule has 1 unspecified atom stereocenters. The number of carbonyl (C=O) groups excluding carboxylic acids is 1. The Morgan fingerprint density at radius 1 is 0.625 bits per heavy atom. The maximum absolute atomic E-state index is 11.8. The number of esters is 1. The molecule has 0 spiro atoms. The molecule has 0 aliphatic rings. The molecule has 0 saturated carbocycles. The van der Waals surface area contributed by atoms with E-state index in [0.717, 1.165) is 43.8 Å². The minimum Gasteiger partial charge on any atom is -0.493 e.